The maximum absolute atomic E-state index is 10.6. The van der Waals surface area contributed by atoms with Gasteiger partial charge in [-0.25, -0.2) is 0 Å². The number of hydrogen-bond donors (Lipinski definition) is 2. The van der Waals surface area contributed by atoms with E-state index in [-0.39, 0.29) is 0 Å². The number of nitrogens with one attached hydrogen (secondary N) is 1. The molecule has 0 aromatic carbocycles. The van der Waals surface area contributed by atoms with E-state index < -0.39 is 5.60 Å². The summed E-state index contributed by atoms with van der Waals surface area (Å²) in [4.78, 5) is 4.88. The highest BCUT2D eigenvalue weighted by Crippen LogP contribution is 2.22. The number of piperazine rings is 1. The third-order valence-corrected chi connectivity index (χ3v) is 4.49. The highest BCUT2D eigenvalue weighted by atomic mass is 16.3. The number of piperidine rings is 1. The number of rotatable bonds is 2. The first-order chi connectivity index (χ1) is 8.00. The predicted molar refractivity (Wildman–Crippen MR) is 70.2 cm³/mol. The predicted octanol–water partition coefficient (Wildman–Crippen LogP) is 0.125. The van der Waals surface area contributed by atoms with E-state index in [9.17, 15) is 5.11 Å². The van der Waals surface area contributed by atoms with Crippen molar-refractivity contribution in [3.05, 3.63) is 0 Å². The molecule has 2 saturated heterocycles. The first kappa shape index (κ1) is 13.3. The molecule has 4 heteroatoms. The van der Waals surface area contributed by atoms with Crippen LogP contribution in [0.15, 0.2) is 0 Å². The molecule has 0 aliphatic carbocycles. The Labute approximate surface area is 105 Å². The van der Waals surface area contributed by atoms with Gasteiger partial charge in [-0.15, -0.1) is 0 Å². The molecule has 17 heavy (non-hydrogen) atoms. The van der Waals surface area contributed by atoms with E-state index in [1.165, 1.54) is 0 Å². The smallest absolute Gasteiger partial charge is 0.0798 e. The Hall–Kier alpha value is -0.160. The average molecular weight is 241 g/mol. The Kier molecular flexibility index (Phi) is 4.08. The lowest BCUT2D eigenvalue weighted by molar-refractivity contribution is -0.0441. The van der Waals surface area contributed by atoms with E-state index in [4.69, 9.17) is 0 Å². The van der Waals surface area contributed by atoms with Gasteiger partial charge in [0.05, 0.1) is 5.60 Å². The highest BCUT2D eigenvalue weighted by Gasteiger charge is 2.34. The molecule has 4 nitrogen and oxygen atoms in total. The Balaban J connectivity index is 1.90. The molecule has 2 fully saturated rings. The van der Waals surface area contributed by atoms with E-state index in [1.54, 1.807) is 0 Å². The molecular weight excluding hydrogens is 214 g/mol. The summed E-state index contributed by atoms with van der Waals surface area (Å²) in [6, 6.07) is 1.17. The van der Waals surface area contributed by atoms with E-state index in [0.29, 0.717) is 12.1 Å². The quantitative estimate of drug-likeness (QED) is 0.720. The molecule has 0 aromatic rings. The number of aliphatic hydroxyl groups is 1. The standard InChI is InChI=1S/C13H27N3O/c1-11-8-16(9-12(2)15(11)3)10-13(17)4-6-14-7-5-13/h11-12,14,17H,4-10H2,1-3H3. The molecule has 0 radical (unpaired) electrons. The fourth-order valence-electron chi connectivity index (χ4n) is 3.11. The lowest BCUT2D eigenvalue weighted by atomic mass is 9.91. The molecule has 0 amide bonds. The summed E-state index contributed by atoms with van der Waals surface area (Å²) in [6.45, 7) is 9.46. The van der Waals surface area contributed by atoms with Crippen LogP contribution in [0.5, 0.6) is 0 Å². The first-order valence-electron chi connectivity index (χ1n) is 6.87. The number of nitrogens with zero attached hydrogens (tertiary/aromatic N) is 2. The molecule has 0 bridgehead atoms. The van der Waals surface area contributed by atoms with Crippen LogP contribution in [-0.2, 0) is 0 Å². The molecule has 2 N–H and O–H groups in total. The summed E-state index contributed by atoms with van der Waals surface area (Å²) in [5.41, 5.74) is -0.458. The molecule has 100 valence electrons. The summed E-state index contributed by atoms with van der Waals surface area (Å²) < 4.78 is 0. The fraction of sp³-hybridized carbons (Fsp3) is 1.00. The SMILES string of the molecule is CC1CN(CC2(O)CCNCC2)CC(C)N1C. The van der Waals surface area contributed by atoms with Crippen LogP contribution in [0.3, 0.4) is 0 Å². The Morgan fingerprint density at radius 2 is 1.71 bits per heavy atom. The zero-order valence-corrected chi connectivity index (χ0v) is 11.4. The van der Waals surface area contributed by atoms with Crippen LogP contribution in [0.2, 0.25) is 0 Å². The minimum absolute atomic E-state index is 0.458. The molecule has 0 spiro atoms. The fourth-order valence-corrected chi connectivity index (χ4v) is 3.11. The molecule has 0 aromatic heterocycles. The summed E-state index contributed by atoms with van der Waals surface area (Å²) in [5, 5.41) is 13.9. The Bertz CT molecular complexity index is 241. The molecule has 2 unspecified atom stereocenters. The third kappa shape index (κ3) is 3.19. The third-order valence-electron chi connectivity index (χ3n) is 4.49. The van der Waals surface area contributed by atoms with Crippen LogP contribution in [-0.4, -0.2) is 72.4 Å². The summed E-state index contributed by atoms with van der Waals surface area (Å²) >= 11 is 0. The van der Waals surface area contributed by atoms with Crippen LogP contribution in [0.1, 0.15) is 26.7 Å². The lowest BCUT2D eigenvalue weighted by Gasteiger charge is -2.45. The van der Waals surface area contributed by atoms with Crippen molar-refractivity contribution in [3.63, 3.8) is 0 Å². The van der Waals surface area contributed by atoms with Crippen molar-refractivity contribution in [3.8, 4) is 0 Å². The highest BCUT2D eigenvalue weighted by molar-refractivity contribution is 4.91. The van der Waals surface area contributed by atoms with Gasteiger partial charge in [-0.1, -0.05) is 0 Å². The van der Waals surface area contributed by atoms with Gasteiger partial charge in [0.1, 0.15) is 0 Å². The zero-order chi connectivity index (χ0) is 12.5. The van der Waals surface area contributed by atoms with Gasteiger partial charge in [0.15, 0.2) is 0 Å². The van der Waals surface area contributed by atoms with Crippen LogP contribution >= 0.6 is 0 Å². The van der Waals surface area contributed by atoms with Gasteiger partial charge in [0.2, 0.25) is 0 Å². The molecule has 2 rings (SSSR count). The molecule has 2 heterocycles. The van der Waals surface area contributed by atoms with Gasteiger partial charge in [-0.05, 0) is 46.8 Å². The molecule has 2 atom stereocenters. The van der Waals surface area contributed by atoms with Crippen molar-refractivity contribution in [2.75, 3.05) is 39.8 Å². The monoisotopic (exact) mass is 241 g/mol. The molecule has 0 saturated carbocycles. The van der Waals surface area contributed by atoms with Crippen molar-refractivity contribution in [1.82, 2.24) is 15.1 Å². The van der Waals surface area contributed by atoms with E-state index in [1.807, 2.05) is 0 Å². The minimum Gasteiger partial charge on any atom is -0.388 e. The lowest BCUT2D eigenvalue weighted by Crippen LogP contribution is -2.59. The largest absolute Gasteiger partial charge is 0.388 e. The number of likely N-dealkylation sites (N-methyl/N-ethyl adjacent to an activating group) is 1. The summed E-state index contributed by atoms with van der Waals surface area (Å²) in [5.74, 6) is 0. The Morgan fingerprint density at radius 3 is 2.24 bits per heavy atom. The van der Waals surface area contributed by atoms with Gasteiger partial charge >= 0.3 is 0 Å². The number of β-amino-alcohol motifs (C(OH)–C–C–N with tert-alkyl or cyclic N) is 1. The van der Waals surface area contributed by atoms with E-state index >= 15 is 0 Å². The van der Waals surface area contributed by atoms with Crippen LogP contribution in [0.25, 0.3) is 0 Å². The van der Waals surface area contributed by atoms with E-state index in [0.717, 1.165) is 45.6 Å². The second-order valence-electron chi connectivity index (χ2n) is 6.03. The van der Waals surface area contributed by atoms with Crippen molar-refractivity contribution < 1.29 is 5.11 Å². The van der Waals surface area contributed by atoms with Crippen molar-refractivity contribution >= 4 is 0 Å². The second kappa shape index (κ2) is 5.22. The number of hydrogen-bond acceptors (Lipinski definition) is 4. The van der Waals surface area contributed by atoms with Gasteiger partial charge in [0.25, 0.3) is 0 Å². The second-order valence-corrected chi connectivity index (χ2v) is 6.03. The van der Waals surface area contributed by atoms with Crippen LogP contribution < -0.4 is 5.32 Å². The molecular formula is C13H27N3O. The van der Waals surface area contributed by atoms with Gasteiger partial charge in [-0.3, -0.25) is 9.80 Å². The van der Waals surface area contributed by atoms with Crippen molar-refractivity contribution in [2.45, 2.75) is 44.4 Å². The topological polar surface area (TPSA) is 38.7 Å². The van der Waals surface area contributed by atoms with Crippen molar-refractivity contribution in [1.29, 1.82) is 0 Å². The summed E-state index contributed by atoms with van der Waals surface area (Å²) in [7, 11) is 2.20. The maximum Gasteiger partial charge on any atom is 0.0798 e. The van der Waals surface area contributed by atoms with Gasteiger partial charge in [0, 0.05) is 31.7 Å². The molecule has 2 aliphatic heterocycles. The van der Waals surface area contributed by atoms with Gasteiger partial charge < -0.3 is 10.4 Å². The minimum atomic E-state index is -0.458. The summed E-state index contributed by atoms with van der Waals surface area (Å²) in [6.07, 6.45) is 1.78. The van der Waals surface area contributed by atoms with Crippen molar-refractivity contribution in [2.24, 2.45) is 0 Å². The van der Waals surface area contributed by atoms with Gasteiger partial charge in [-0.2, -0.15) is 0 Å². The van der Waals surface area contributed by atoms with Crippen LogP contribution in [0.4, 0.5) is 0 Å². The molecule has 2 aliphatic rings. The Morgan fingerprint density at radius 1 is 1.18 bits per heavy atom. The normalized spacial score (nSPS) is 36.0. The van der Waals surface area contributed by atoms with Crippen LogP contribution in [0, 0.1) is 0 Å². The zero-order valence-electron chi connectivity index (χ0n) is 11.4. The first-order valence-corrected chi connectivity index (χ1v) is 6.87. The maximum atomic E-state index is 10.6. The van der Waals surface area contributed by atoms with E-state index in [2.05, 4.69) is 36.0 Å². The average Bonchev–Trinajstić information content (AvgIpc) is 2.26.